The Labute approximate surface area is 226 Å². The number of benzene rings is 3. The highest BCUT2D eigenvalue weighted by atomic mass is 16.5. The lowest BCUT2D eigenvalue weighted by Crippen LogP contribution is -2.50. The quantitative estimate of drug-likeness (QED) is 0.356. The largest absolute Gasteiger partial charge is 0.497 e. The number of nitrogens with one attached hydrogen (secondary N) is 2. The highest BCUT2D eigenvalue weighted by Gasteiger charge is 2.35. The number of ether oxygens (including phenoxy) is 1. The van der Waals surface area contributed by atoms with E-state index in [-0.39, 0.29) is 24.3 Å². The van der Waals surface area contributed by atoms with Gasteiger partial charge in [0.25, 0.3) is 0 Å². The molecule has 202 valence electrons. The monoisotopic (exact) mass is 528 g/mol. The van der Waals surface area contributed by atoms with Crippen molar-refractivity contribution in [3.63, 3.8) is 0 Å². The average molecular weight is 529 g/mol. The van der Waals surface area contributed by atoms with E-state index in [1.165, 1.54) is 16.5 Å². The fourth-order valence-corrected chi connectivity index (χ4v) is 4.25. The van der Waals surface area contributed by atoms with Crippen molar-refractivity contribution in [3.8, 4) is 5.75 Å². The molecule has 0 aliphatic carbocycles. The number of fused-ring (bicyclic) bond motifs is 1. The second-order valence-corrected chi connectivity index (χ2v) is 10.1. The van der Waals surface area contributed by atoms with Gasteiger partial charge in [0.05, 0.1) is 12.6 Å². The van der Waals surface area contributed by atoms with E-state index in [4.69, 9.17) is 4.74 Å². The molecule has 0 fully saturated rings. The Morgan fingerprint density at radius 3 is 2.38 bits per heavy atom. The van der Waals surface area contributed by atoms with E-state index in [0.29, 0.717) is 33.7 Å². The first kappa shape index (κ1) is 27.3. The van der Waals surface area contributed by atoms with Crippen LogP contribution in [-0.4, -0.2) is 45.4 Å². The summed E-state index contributed by atoms with van der Waals surface area (Å²) in [6.07, 6.45) is 0. The minimum Gasteiger partial charge on any atom is -0.497 e. The van der Waals surface area contributed by atoms with Gasteiger partial charge in [-0.25, -0.2) is 4.68 Å². The lowest BCUT2D eigenvalue weighted by atomic mass is 10.00. The fraction of sp³-hybridized carbons (Fsp3) is 0.276. The topological polar surface area (TPSA) is 118 Å². The van der Waals surface area contributed by atoms with E-state index in [0.717, 1.165) is 0 Å². The number of hydrogen-bond acceptors (Lipinski definition) is 6. The van der Waals surface area contributed by atoms with Gasteiger partial charge in [0.1, 0.15) is 23.9 Å². The molecule has 0 aliphatic heterocycles. The molecule has 2 N–H and O–H groups in total. The van der Waals surface area contributed by atoms with Gasteiger partial charge in [-0.3, -0.25) is 19.3 Å². The summed E-state index contributed by atoms with van der Waals surface area (Å²) in [5.74, 6) is -0.405. The molecule has 0 radical (unpaired) electrons. The van der Waals surface area contributed by atoms with Gasteiger partial charge in [-0.15, -0.1) is 5.10 Å². The lowest BCUT2D eigenvalue weighted by Gasteiger charge is -2.34. The van der Waals surface area contributed by atoms with Crippen LogP contribution in [0.2, 0.25) is 0 Å². The number of methoxy groups -OCH3 is 1. The van der Waals surface area contributed by atoms with Crippen molar-refractivity contribution in [2.24, 2.45) is 0 Å². The number of anilines is 2. The summed E-state index contributed by atoms with van der Waals surface area (Å²) in [6.45, 7) is 6.90. The second-order valence-electron chi connectivity index (χ2n) is 10.1. The third-order valence-corrected chi connectivity index (χ3v) is 5.85. The number of nitrogens with zero attached hydrogens (tertiary/aromatic N) is 4. The number of carbonyl (C=O) groups is 3. The third kappa shape index (κ3) is 6.59. The van der Waals surface area contributed by atoms with Crippen molar-refractivity contribution in [1.29, 1.82) is 0 Å². The fourth-order valence-electron chi connectivity index (χ4n) is 4.25. The van der Waals surface area contributed by atoms with Crippen LogP contribution in [0.4, 0.5) is 11.4 Å². The Morgan fingerprint density at radius 2 is 1.72 bits per heavy atom. The predicted molar refractivity (Wildman–Crippen MR) is 149 cm³/mol. The van der Waals surface area contributed by atoms with Crippen LogP contribution in [0.1, 0.15) is 39.3 Å². The van der Waals surface area contributed by atoms with Crippen molar-refractivity contribution >= 4 is 40.1 Å². The lowest BCUT2D eigenvalue weighted by molar-refractivity contribution is -0.128. The van der Waals surface area contributed by atoms with E-state index < -0.39 is 11.6 Å². The Hall–Kier alpha value is -4.73. The Balaban J connectivity index is 1.83. The number of rotatable bonds is 8. The maximum absolute atomic E-state index is 14.1. The maximum Gasteiger partial charge on any atom is 0.249 e. The molecule has 4 rings (SSSR count). The van der Waals surface area contributed by atoms with Crippen LogP contribution < -0.4 is 20.3 Å². The van der Waals surface area contributed by atoms with Crippen LogP contribution in [0.3, 0.4) is 0 Å². The Morgan fingerprint density at radius 1 is 1.00 bits per heavy atom. The SMILES string of the molecule is COc1cccc([C@H](C(=O)NC(C)(C)C)N(C(=O)Cn2nnc3ccccc32)c2ccc(NC(C)=O)cc2)c1. The zero-order valence-electron chi connectivity index (χ0n) is 22.6. The predicted octanol–water partition coefficient (Wildman–Crippen LogP) is 4.09. The summed E-state index contributed by atoms with van der Waals surface area (Å²) in [6, 6.07) is 20.2. The number of aromatic nitrogens is 3. The molecule has 3 amide bonds. The molecule has 0 saturated carbocycles. The first-order valence-electron chi connectivity index (χ1n) is 12.5. The number of para-hydroxylation sites is 1. The molecule has 0 unspecified atom stereocenters. The molecule has 10 heteroatoms. The zero-order chi connectivity index (χ0) is 28.2. The number of carbonyl (C=O) groups excluding carboxylic acids is 3. The first-order chi connectivity index (χ1) is 18.6. The van der Waals surface area contributed by atoms with Crippen LogP contribution in [0, 0.1) is 0 Å². The Kier molecular flexibility index (Phi) is 7.94. The van der Waals surface area contributed by atoms with Crippen molar-refractivity contribution in [2.45, 2.75) is 45.8 Å². The summed E-state index contributed by atoms with van der Waals surface area (Å²) >= 11 is 0. The average Bonchev–Trinajstić information content (AvgIpc) is 3.29. The molecule has 10 nitrogen and oxygen atoms in total. The standard InChI is InChI=1S/C29H32N6O4/c1-19(36)30-21-13-15-22(16-14-21)35(26(37)18-34-25-12-7-6-11-24(25)32-33-34)27(28(38)31-29(2,3)4)20-9-8-10-23(17-20)39-5/h6-17,27H,18H2,1-5H3,(H,30,36)(H,31,38)/t27-/m1/s1. The van der Waals surface area contributed by atoms with Gasteiger partial charge in [-0.2, -0.15) is 0 Å². The molecule has 0 aliphatic rings. The zero-order valence-corrected chi connectivity index (χ0v) is 22.6. The van der Waals surface area contributed by atoms with Crippen LogP contribution in [0.15, 0.2) is 72.8 Å². The van der Waals surface area contributed by atoms with Crippen LogP contribution in [0.25, 0.3) is 11.0 Å². The minimum absolute atomic E-state index is 0.156. The van der Waals surface area contributed by atoms with Gasteiger partial charge in [-0.1, -0.05) is 29.5 Å². The molecular weight excluding hydrogens is 496 g/mol. The van der Waals surface area contributed by atoms with E-state index >= 15 is 0 Å². The van der Waals surface area contributed by atoms with E-state index in [1.54, 1.807) is 55.6 Å². The molecule has 0 spiro atoms. The van der Waals surface area contributed by atoms with Gasteiger partial charge in [0, 0.05) is 23.8 Å². The summed E-state index contributed by atoms with van der Waals surface area (Å²) in [5.41, 5.74) is 2.41. The first-order valence-corrected chi connectivity index (χ1v) is 12.5. The Bertz CT molecular complexity index is 1490. The van der Waals surface area contributed by atoms with Crippen molar-refractivity contribution in [2.75, 3.05) is 17.3 Å². The van der Waals surface area contributed by atoms with Crippen LogP contribution in [0.5, 0.6) is 5.75 Å². The van der Waals surface area contributed by atoms with Gasteiger partial charge in [-0.05, 0) is 74.9 Å². The molecule has 1 aromatic heterocycles. The minimum atomic E-state index is -1.03. The molecule has 0 saturated heterocycles. The molecule has 1 atom stereocenters. The van der Waals surface area contributed by atoms with Gasteiger partial charge < -0.3 is 15.4 Å². The van der Waals surface area contributed by atoms with Gasteiger partial charge in [0.2, 0.25) is 17.7 Å². The molecular formula is C29H32N6O4. The number of amides is 3. The molecule has 1 heterocycles. The van der Waals surface area contributed by atoms with Crippen LogP contribution >= 0.6 is 0 Å². The highest BCUT2D eigenvalue weighted by molar-refractivity contribution is 6.02. The molecule has 39 heavy (non-hydrogen) atoms. The summed E-state index contributed by atoms with van der Waals surface area (Å²) in [7, 11) is 1.54. The van der Waals surface area contributed by atoms with Gasteiger partial charge >= 0.3 is 0 Å². The third-order valence-electron chi connectivity index (χ3n) is 5.85. The molecule has 3 aromatic carbocycles. The van der Waals surface area contributed by atoms with Crippen molar-refractivity contribution in [3.05, 3.63) is 78.4 Å². The second kappa shape index (κ2) is 11.3. The van der Waals surface area contributed by atoms with Crippen molar-refractivity contribution < 1.29 is 19.1 Å². The summed E-state index contributed by atoms with van der Waals surface area (Å²) in [4.78, 5) is 41.0. The van der Waals surface area contributed by atoms with E-state index in [9.17, 15) is 14.4 Å². The smallest absolute Gasteiger partial charge is 0.249 e. The number of hydrogen-bond donors (Lipinski definition) is 2. The maximum atomic E-state index is 14.1. The molecule has 0 bridgehead atoms. The summed E-state index contributed by atoms with van der Waals surface area (Å²) < 4.78 is 6.93. The van der Waals surface area contributed by atoms with Gasteiger partial charge in [0.15, 0.2) is 0 Å². The van der Waals surface area contributed by atoms with E-state index in [1.807, 2.05) is 45.0 Å². The summed E-state index contributed by atoms with van der Waals surface area (Å²) in [5, 5.41) is 14.1. The van der Waals surface area contributed by atoms with Crippen molar-refractivity contribution in [1.82, 2.24) is 20.3 Å². The normalized spacial score (nSPS) is 12.0. The van der Waals surface area contributed by atoms with E-state index in [2.05, 4.69) is 20.9 Å². The highest BCUT2D eigenvalue weighted by Crippen LogP contribution is 2.32. The van der Waals surface area contributed by atoms with Crippen LogP contribution in [-0.2, 0) is 20.9 Å². The molecule has 4 aromatic rings.